The van der Waals surface area contributed by atoms with Gasteiger partial charge in [0.25, 0.3) is 0 Å². The van der Waals surface area contributed by atoms with Gasteiger partial charge in [0.2, 0.25) is 0 Å². The zero-order valence-corrected chi connectivity index (χ0v) is 12.5. The molecule has 0 spiro atoms. The summed E-state index contributed by atoms with van der Waals surface area (Å²) in [5, 5.41) is 32.3. The molecule has 0 saturated carbocycles. The summed E-state index contributed by atoms with van der Waals surface area (Å²) in [6.07, 6.45) is 1.90. The normalized spacial score (nSPS) is 17.6. The molecule has 118 valence electrons. The topological polar surface area (TPSA) is 128 Å². The summed E-state index contributed by atoms with van der Waals surface area (Å²) in [7, 11) is 0. The molecule has 2 heterocycles. The van der Waals surface area contributed by atoms with Crippen molar-refractivity contribution in [1.29, 1.82) is 5.26 Å². The average Bonchev–Trinajstić information content (AvgIpc) is 2.57. The Bertz CT molecular complexity index is 779. The van der Waals surface area contributed by atoms with E-state index in [9.17, 15) is 15.5 Å². The third kappa shape index (κ3) is 2.89. The highest BCUT2D eigenvalue weighted by Crippen LogP contribution is 2.33. The SMILES string of the molecule is N#Cc1c(N)nc(-c2cc(O)ccc2O)nc1[C@@H]1CCCNC1. The Kier molecular flexibility index (Phi) is 4.00. The van der Waals surface area contributed by atoms with Gasteiger partial charge >= 0.3 is 0 Å². The number of piperidine rings is 1. The molecule has 1 atom stereocenters. The molecule has 23 heavy (non-hydrogen) atoms. The third-order valence-electron chi connectivity index (χ3n) is 3.98. The number of hydrogen-bond donors (Lipinski definition) is 4. The summed E-state index contributed by atoms with van der Waals surface area (Å²) in [6.45, 7) is 1.66. The van der Waals surface area contributed by atoms with E-state index in [0.29, 0.717) is 5.69 Å². The molecule has 0 unspecified atom stereocenters. The van der Waals surface area contributed by atoms with E-state index in [1.165, 1.54) is 18.2 Å². The summed E-state index contributed by atoms with van der Waals surface area (Å²) < 4.78 is 0. The molecule has 1 aliphatic rings. The number of benzene rings is 1. The summed E-state index contributed by atoms with van der Waals surface area (Å²) in [4.78, 5) is 8.60. The fourth-order valence-corrected chi connectivity index (χ4v) is 2.81. The van der Waals surface area contributed by atoms with Crippen LogP contribution in [0.1, 0.15) is 30.0 Å². The second-order valence-electron chi connectivity index (χ2n) is 5.55. The van der Waals surface area contributed by atoms with E-state index in [-0.39, 0.29) is 40.2 Å². The lowest BCUT2D eigenvalue weighted by Gasteiger charge is -2.23. The van der Waals surface area contributed by atoms with Crippen LogP contribution in [0.15, 0.2) is 18.2 Å². The molecule has 7 heteroatoms. The molecule has 0 radical (unpaired) electrons. The minimum Gasteiger partial charge on any atom is -0.508 e. The van der Waals surface area contributed by atoms with Crippen LogP contribution in [-0.2, 0) is 0 Å². The zero-order valence-electron chi connectivity index (χ0n) is 12.5. The van der Waals surface area contributed by atoms with Crippen LogP contribution < -0.4 is 11.1 Å². The van der Waals surface area contributed by atoms with E-state index in [1.54, 1.807) is 0 Å². The molecular weight excluding hydrogens is 294 g/mol. The number of nitriles is 1. The van der Waals surface area contributed by atoms with Gasteiger partial charge in [-0.2, -0.15) is 5.26 Å². The Morgan fingerprint density at radius 2 is 2.13 bits per heavy atom. The van der Waals surface area contributed by atoms with Crippen molar-refractivity contribution >= 4 is 5.82 Å². The standard InChI is InChI=1S/C16H17N5O2/c17-7-12-14(9-2-1-5-19-8-9)20-16(21-15(12)18)11-6-10(22)3-4-13(11)23/h3-4,6,9,19,22-23H,1-2,5,8H2,(H2,18,20,21)/t9-/m1/s1. The number of phenols is 2. The molecule has 1 fully saturated rings. The average molecular weight is 311 g/mol. The van der Waals surface area contributed by atoms with Gasteiger partial charge in [0.05, 0.1) is 11.3 Å². The zero-order chi connectivity index (χ0) is 16.4. The van der Waals surface area contributed by atoms with Crippen molar-refractivity contribution in [3.63, 3.8) is 0 Å². The predicted octanol–water partition coefficient (Wildman–Crippen LogP) is 1.48. The van der Waals surface area contributed by atoms with Crippen LogP contribution in [0.2, 0.25) is 0 Å². The van der Waals surface area contributed by atoms with Crippen molar-refractivity contribution < 1.29 is 10.2 Å². The fraction of sp³-hybridized carbons (Fsp3) is 0.312. The Hall–Kier alpha value is -2.85. The second-order valence-corrected chi connectivity index (χ2v) is 5.55. The summed E-state index contributed by atoms with van der Waals surface area (Å²) in [6, 6.07) is 6.19. The predicted molar refractivity (Wildman–Crippen MR) is 84.8 cm³/mol. The lowest BCUT2D eigenvalue weighted by molar-refractivity contribution is 0.453. The Morgan fingerprint density at radius 1 is 1.30 bits per heavy atom. The van der Waals surface area contributed by atoms with Crippen LogP contribution in [0.5, 0.6) is 11.5 Å². The van der Waals surface area contributed by atoms with Gasteiger partial charge in [-0.1, -0.05) is 0 Å². The molecule has 5 N–H and O–H groups in total. The van der Waals surface area contributed by atoms with Gasteiger partial charge in [-0.05, 0) is 37.6 Å². The molecule has 0 aliphatic carbocycles. The monoisotopic (exact) mass is 311 g/mol. The van der Waals surface area contributed by atoms with Gasteiger partial charge in [0.1, 0.15) is 28.9 Å². The lowest BCUT2D eigenvalue weighted by Crippen LogP contribution is -2.29. The number of hydrogen-bond acceptors (Lipinski definition) is 7. The highest BCUT2D eigenvalue weighted by Gasteiger charge is 2.24. The molecule has 0 amide bonds. The Labute approximate surface area is 133 Å². The van der Waals surface area contributed by atoms with E-state index in [4.69, 9.17) is 5.73 Å². The minimum atomic E-state index is -0.0559. The van der Waals surface area contributed by atoms with Crippen LogP contribution in [0, 0.1) is 11.3 Å². The van der Waals surface area contributed by atoms with E-state index in [0.717, 1.165) is 25.9 Å². The molecule has 1 saturated heterocycles. The van der Waals surface area contributed by atoms with E-state index < -0.39 is 0 Å². The van der Waals surface area contributed by atoms with Gasteiger partial charge < -0.3 is 21.3 Å². The first-order valence-corrected chi connectivity index (χ1v) is 7.40. The summed E-state index contributed by atoms with van der Waals surface area (Å²) >= 11 is 0. The summed E-state index contributed by atoms with van der Waals surface area (Å²) in [5.74, 6) is 0.294. The fourth-order valence-electron chi connectivity index (χ4n) is 2.81. The number of nitrogens with zero attached hydrogens (tertiary/aromatic N) is 3. The molecule has 2 aromatic rings. The molecule has 1 aromatic carbocycles. The van der Waals surface area contributed by atoms with Crippen LogP contribution in [-0.4, -0.2) is 33.3 Å². The smallest absolute Gasteiger partial charge is 0.165 e. The van der Waals surface area contributed by atoms with Crippen LogP contribution >= 0.6 is 0 Å². The number of phenolic OH excluding ortho intramolecular Hbond substituents is 2. The first kappa shape index (κ1) is 15.1. The van der Waals surface area contributed by atoms with E-state index >= 15 is 0 Å². The number of nitrogen functional groups attached to an aromatic ring is 1. The first-order valence-electron chi connectivity index (χ1n) is 7.40. The number of aromatic hydroxyl groups is 2. The molecule has 7 nitrogen and oxygen atoms in total. The maximum absolute atomic E-state index is 10.00. The number of nitrogens with one attached hydrogen (secondary N) is 1. The van der Waals surface area contributed by atoms with Crippen molar-refractivity contribution in [1.82, 2.24) is 15.3 Å². The van der Waals surface area contributed by atoms with Crippen LogP contribution in [0.3, 0.4) is 0 Å². The lowest BCUT2D eigenvalue weighted by atomic mass is 9.93. The molecule has 0 bridgehead atoms. The van der Waals surface area contributed by atoms with Gasteiger partial charge in [-0.15, -0.1) is 0 Å². The van der Waals surface area contributed by atoms with Crippen molar-refractivity contribution in [3.05, 3.63) is 29.5 Å². The number of nitrogens with two attached hydrogens (primary N) is 1. The summed E-state index contributed by atoms with van der Waals surface area (Å²) in [5.41, 5.74) is 7.08. The number of aromatic nitrogens is 2. The van der Waals surface area contributed by atoms with Gasteiger partial charge in [-0.25, -0.2) is 9.97 Å². The quantitative estimate of drug-likeness (QED) is 0.618. The van der Waals surface area contributed by atoms with Crippen LogP contribution in [0.25, 0.3) is 11.4 Å². The molecule has 1 aromatic heterocycles. The van der Waals surface area contributed by atoms with Crippen LogP contribution in [0.4, 0.5) is 5.82 Å². The second kappa shape index (κ2) is 6.10. The number of rotatable bonds is 2. The maximum atomic E-state index is 10.00. The Morgan fingerprint density at radius 3 is 2.83 bits per heavy atom. The van der Waals surface area contributed by atoms with E-state index in [1.807, 2.05) is 0 Å². The van der Waals surface area contributed by atoms with Gasteiger partial charge in [-0.3, -0.25) is 0 Å². The molecule has 3 rings (SSSR count). The van der Waals surface area contributed by atoms with Gasteiger partial charge in [0, 0.05) is 12.5 Å². The first-order chi connectivity index (χ1) is 11.1. The van der Waals surface area contributed by atoms with Crippen molar-refractivity contribution in [2.75, 3.05) is 18.8 Å². The van der Waals surface area contributed by atoms with Gasteiger partial charge in [0.15, 0.2) is 5.82 Å². The molecule has 1 aliphatic heterocycles. The van der Waals surface area contributed by atoms with Crippen molar-refractivity contribution in [2.24, 2.45) is 0 Å². The highest BCUT2D eigenvalue weighted by atomic mass is 16.3. The minimum absolute atomic E-state index is 0.00906. The van der Waals surface area contributed by atoms with E-state index in [2.05, 4.69) is 21.4 Å². The van der Waals surface area contributed by atoms with Crippen molar-refractivity contribution in [3.8, 4) is 29.0 Å². The highest BCUT2D eigenvalue weighted by molar-refractivity contribution is 5.68. The Balaban J connectivity index is 2.14. The molecular formula is C16H17N5O2. The number of anilines is 1. The largest absolute Gasteiger partial charge is 0.508 e. The maximum Gasteiger partial charge on any atom is 0.165 e. The third-order valence-corrected chi connectivity index (χ3v) is 3.98. The van der Waals surface area contributed by atoms with Crippen molar-refractivity contribution in [2.45, 2.75) is 18.8 Å².